The summed E-state index contributed by atoms with van der Waals surface area (Å²) in [7, 11) is 1.61. The van der Waals surface area contributed by atoms with E-state index in [4.69, 9.17) is 9.47 Å². The van der Waals surface area contributed by atoms with Crippen molar-refractivity contribution < 1.29 is 14.3 Å². The lowest BCUT2D eigenvalue weighted by atomic mass is 10.2. The molecule has 2 heterocycles. The molecule has 148 valence electrons. The first-order valence-electron chi connectivity index (χ1n) is 9.04. The number of nitrogens with one attached hydrogen (secondary N) is 1. The number of aryl methyl sites for hydroxylation is 1. The van der Waals surface area contributed by atoms with Crippen LogP contribution < -0.4 is 14.8 Å². The second-order valence-corrected chi connectivity index (χ2v) is 7.14. The van der Waals surface area contributed by atoms with E-state index in [1.165, 1.54) is 16.9 Å². The van der Waals surface area contributed by atoms with Gasteiger partial charge in [-0.25, -0.2) is 0 Å². The van der Waals surface area contributed by atoms with E-state index in [1.54, 1.807) is 11.6 Å². The first kappa shape index (κ1) is 18.9. The smallest absolute Gasteiger partial charge is 0.264 e. The molecule has 8 nitrogen and oxygen atoms in total. The van der Waals surface area contributed by atoms with Crippen molar-refractivity contribution in [2.45, 2.75) is 13.3 Å². The summed E-state index contributed by atoms with van der Waals surface area (Å²) in [6, 6.07) is 15.1. The van der Waals surface area contributed by atoms with Crippen molar-refractivity contribution in [3.63, 3.8) is 0 Å². The fourth-order valence-electron chi connectivity index (χ4n) is 2.71. The summed E-state index contributed by atoms with van der Waals surface area (Å²) in [5.74, 6) is 1.70. The maximum atomic E-state index is 12.2. The molecule has 0 spiro atoms. The summed E-state index contributed by atoms with van der Waals surface area (Å²) in [5, 5.41) is 15.9. The average Bonchev–Trinajstić information content (AvgIpc) is 3.33. The molecule has 1 N–H and O–H groups in total. The number of hydrogen-bond donors (Lipinski definition) is 1. The van der Waals surface area contributed by atoms with Crippen LogP contribution in [-0.2, 0) is 11.2 Å². The second-order valence-electron chi connectivity index (χ2n) is 6.19. The number of rotatable bonds is 7. The van der Waals surface area contributed by atoms with Gasteiger partial charge in [0.25, 0.3) is 5.91 Å². The van der Waals surface area contributed by atoms with Crippen LogP contribution in [0.1, 0.15) is 12.5 Å². The van der Waals surface area contributed by atoms with E-state index in [-0.39, 0.29) is 12.5 Å². The normalized spacial score (nSPS) is 10.8. The number of hydrogen-bond acceptors (Lipinski definition) is 7. The van der Waals surface area contributed by atoms with Crippen LogP contribution in [0, 0.1) is 0 Å². The molecular weight excluding hydrogens is 390 g/mol. The highest BCUT2D eigenvalue weighted by Crippen LogP contribution is 2.25. The van der Waals surface area contributed by atoms with Crippen molar-refractivity contribution >= 4 is 27.3 Å². The van der Waals surface area contributed by atoms with E-state index in [1.807, 2.05) is 48.5 Å². The molecule has 0 aliphatic rings. The predicted molar refractivity (Wildman–Crippen MR) is 111 cm³/mol. The average molecular weight is 409 g/mol. The molecule has 4 rings (SSSR count). The molecule has 29 heavy (non-hydrogen) atoms. The van der Waals surface area contributed by atoms with Gasteiger partial charge in [-0.1, -0.05) is 30.4 Å². The van der Waals surface area contributed by atoms with Crippen LogP contribution >= 0.6 is 11.3 Å². The minimum Gasteiger partial charge on any atom is -0.497 e. The van der Waals surface area contributed by atoms with Gasteiger partial charge in [0.05, 0.1) is 7.11 Å². The van der Waals surface area contributed by atoms with Gasteiger partial charge in [-0.3, -0.25) is 10.1 Å². The minimum absolute atomic E-state index is 0.100. The largest absolute Gasteiger partial charge is 0.497 e. The number of methoxy groups -OCH3 is 1. The first-order chi connectivity index (χ1) is 14.2. The molecule has 2 aromatic carbocycles. The van der Waals surface area contributed by atoms with Crippen molar-refractivity contribution in [3.05, 3.63) is 54.1 Å². The summed E-state index contributed by atoms with van der Waals surface area (Å²) in [4.78, 5) is 12.8. The maximum Gasteiger partial charge on any atom is 0.264 e. The fourth-order valence-corrected chi connectivity index (χ4v) is 3.47. The zero-order chi connectivity index (χ0) is 20.2. The highest BCUT2D eigenvalue weighted by atomic mass is 32.1. The van der Waals surface area contributed by atoms with Crippen LogP contribution in [0.5, 0.6) is 11.5 Å². The molecule has 0 aliphatic heterocycles. The van der Waals surface area contributed by atoms with Gasteiger partial charge in [-0.05, 0) is 48.4 Å². The van der Waals surface area contributed by atoms with E-state index < -0.39 is 0 Å². The lowest BCUT2D eigenvalue weighted by molar-refractivity contribution is -0.118. The monoisotopic (exact) mass is 409 g/mol. The van der Waals surface area contributed by atoms with E-state index >= 15 is 0 Å². The fraction of sp³-hybridized carbons (Fsp3) is 0.200. The number of carbonyl (C=O) groups excluding carboxylic acids is 1. The Kier molecular flexibility index (Phi) is 5.39. The van der Waals surface area contributed by atoms with Gasteiger partial charge in [0.2, 0.25) is 10.1 Å². The van der Waals surface area contributed by atoms with Crippen LogP contribution in [0.15, 0.2) is 48.5 Å². The lowest BCUT2D eigenvalue weighted by Crippen LogP contribution is -2.20. The van der Waals surface area contributed by atoms with Gasteiger partial charge >= 0.3 is 0 Å². The van der Waals surface area contributed by atoms with Gasteiger partial charge in [0.1, 0.15) is 11.5 Å². The molecule has 0 radical (unpaired) electrons. The van der Waals surface area contributed by atoms with Crippen LogP contribution in [-0.4, -0.2) is 39.4 Å². The van der Waals surface area contributed by atoms with E-state index in [9.17, 15) is 4.79 Å². The van der Waals surface area contributed by atoms with Crippen molar-refractivity contribution in [2.75, 3.05) is 19.0 Å². The number of anilines is 1. The quantitative estimate of drug-likeness (QED) is 0.503. The zero-order valence-corrected chi connectivity index (χ0v) is 16.8. The molecule has 0 aliphatic carbocycles. The Labute approximate surface area is 171 Å². The second kappa shape index (κ2) is 8.27. The number of nitrogens with zero attached hydrogens (tertiary/aromatic N) is 4. The highest BCUT2D eigenvalue weighted by Gasteiger charge is 2.15. The van der Waals surface area contributed by atoms with Gasteiger partial charge < -0.3 is 9.47 Å². The standard InChI is InChI=1S/C20H19N5O3S/c1-3-13-4-8-16(9-5-13)28-12-17(26)21-19-24-25-18(22-23-20(25)29-19)14-6-10-15(27-2)11-7-14/h4-11H,3,12H2,1-2H3,(H,21,24,26). The zero-order valence-electron chi connectivity index (χ0n) is 16.0. The molecule has 0 saturated heterocycles. The Balaban J connectivity index is 1.42. The Bertz CT molecular complexity index is 1120. The molecule has 0 unspecified atom stereocenters. The summed E-state index contributed by atoms with van der Waals surface area (Å²) >= 11 is 1.24. The van der Waals surface area contributed by atoms with Crippen molar-refractivity contribution in [1.29, 1.82) is 0 Å². The summed E-state index contributed by atoms with van der Waals surface area (Å²) in [6.07, 6.45) is 0.958. The molecule has 0 bridgehead atoms. The lowest BCUT2D eigenvalue weighted by Gasteiger charge is -2.06. The molecule has 2 aromatic heterocycles. The van der Waals surface area contributed by atoms with Crippen LogP contribution in [0.4, 0.5) is 5.13 Å². The highest BCUT2D eigenvalue weighted by molar-refractivity contribution is 7.20. The third-order valence-electron chi connectivity index (χ3n) is 4.29. The van der Waals surface area contributed by atoms with Gasteiger partial charge in [0.15, 0.2) is 12.4 Å². The number of aromatic nitrogens is 4. The number of benzene rings is 2. The molecule has 0 saturated carbocycles. The Morgan fingerprint density at radius 2 is 1.79 bits per heavy atom. The topological polar surface area (TPSA) is 90.6 Å². The Morgan fingerprint density at radius 1 is 1.07 bits per heavy atom. The van der Waals surface area contributed by atoms with Gasteiger partial charge in [0, 0.05) is 5.56 Å². The SMILES string of the molecule is CCc1ccc(OCC(=O)Nc2nn3c(-c4ccc(OC)cc4)nnc3s2)cc1. The third kappa shape index (κ3) is 4.19. The van der Waals surface area contributed by atoms with E-state index in [0.717, 1.165) is 17.7 Å². The van der Waals surface area contributed by atoms with Crippen LogP contribution in [0.2, 0.25) is 0 Å². The van der Waals surface area contributed by atoms with Crippen molar-refractivity contribution in [3.8, 4) is 22.9 Å². The molecule has 0 atom stereocenters. The number of ether oxygens (including phenoxy) is 2. The van der Waals surface area contributed by atoms with E-state index in [0.29, 0.717) is 21.7 Å². The Hall–Kier alpha value is -3.46. The molecule has 9 heteroatoms. The first-order valence-corrected chi connectivity index (χ1v) is 9.86. The predicted octanol–water partition coefficient (Wildman–Crippen LogP) is 3.44. The minimum atomic E-state index is -0.291. The number of amides is 1. The van der Waals surface area contributed by atoms with Crippen molar-refractivity contribution in [2.24, 2.45) is 0 Å². The van der Waals surface area contributed by atoms with Crippen molar-refractivity contribution in [1.82, 2.24) is 19.8 Å². The summed E-state index contributed by atoms with van der Waals surface area (Å²) < 4.78 is 12.3. The van der Waals surface area contributed by atoms with Gasteiger partial charge in [-0.2, -0.15) is 4.52 Å². The summed E-state index contributed by atoms with van der Waals surface area (Å²) in [5.41, 5.74) is 2.06. The molecular formula is C20H19N5O3S. The van der Waals surface area contributed by atoms with Crippen LogP contribution in [0.25, 0.3) is 16.3 Å². The van der Waals surface area contributed by atoms with Gasteiger partial charge in [-0.15, -0.1) is 15.3 Å². The molecule has 4 aromatic rings. The maximum absolute atomic E-state index is 12.2. The number of fused-ring (bicyclic) bond motifs is 1. The number of carbonyl (C=O) groups is 1. The molecule has 1 amide bonds. The summed E-state index contributed by atoms with van der Waals surface area (Å²) in [6.45, 7) is 1.99. The third-order valence-corrected chi connectivity index (χ3v) is 5.10. The Morgan fingerprint density at radius 3 is 2.48 bits per heavy atom. The molecule has 0 fully saturated rings. The van der Waals surface area contributed by atoms with E-state index in [2.05, 4.69) is 27.5 Å². The van der Waals surface area contributed by atoms with Crippen LogP contribution in [0.3, 0.4) is 0 Å².